The summed E-state index contributed by atoms with van der Waals surface area (Å²) < 4.78 is 0. The van der Waals surface area contributed by atoms with E-state index in [0.29, 0.717) is 19.0 Å². The molecular weight excluding hydrogens is 240 g/mol. The quantitative estimate of drug-likeness (QED) is 0.610. The van der Waals surface area contributed by atoms with E-state index in [1.807, 2.05) is 42.2 Å². The van der Waals surface area contributed by atoms with Gasteiger partial charge in [-0.15, -0.1) is 0 Å². The molecule has 1 rings (SSSR count). The molecular formula is C14H22N4O. The molecule has 1 aromatic rings. The summed E-state index contributed by atoms with van der Waals surface area (Å²) in [7, 11) is 3.44. The Labute approximate surface area is 114 Å². The van der Waals surface area contributed by atoms with Crippen LogP contribution in [0.4, 0.5) is 0 Å². The Balaban J connectivity index is 2.53. The van der Waals surface area contributed by atoms with Crippen LogP contribution in [-0.4, -0.2) is 44.0 Å². The van der Waals surface area contributed by atoms with Gasteiger partial charge in [0.05, 0.1) is 6.54 Å². The summed E-state index contributed by atoms with van der Waals surface area (Å²) in [5, 5.41) is 5.85. The van der Waals surface area contributed by atoms with Gasteiger partial charge in [0.15, 0.2) is 5.96 Å². The second-order valence-electron chi connectivity index (χ2n) is 4.07. The molecule has 19 heavy (non-hydrogen) atoms. The second kappa shape index (κ2) is 8.13. The van der Waals surface area contributed by atoms with E-state index < -0.39 is 0 Å². The zero-order valence-electron chi connectivity index (χ0n) is 11.8. The van der Waals surface area contributed by atoms with Crippen LogP contribution in [0.2, 0.25) is 0 Å². The summed E-state index contributed by atoms with van der Waals surface area (Å²) in [5.41, 5.74) is 1.13. The number of likely N-dealkylation sites (N-methyl/N-ethyl adjacent to an activating group) is 1. The smallest absolute Gasteiger partial charge is 0.242 e. The van der Waals surface area contributed by atoms with E-state index in [4.69, 9.17) is 0 Å². The van der Waals surface area contributed by atoms with Crippen molar-refractivity contribution in [3.63, 3.8) is 0 Å². The molecule has 1 aromatic carbocycles. The zero-order valence-corrected chi connectivity index (χ0v) is 11.8. The number of guanidine groups is 1. The number of rotatable bonds is 5. The van der Waals surface area contributed by atoms with Crippen LogP contribution in [0.25, 0.3) is 0 Å². The number of nitrogens with zero attached hydrogens (tertiary/aromatic N) is 2. The van der Waals surface area contributed by atoms with Crippen molar-refractivity contribution in [3.05, 3.63) is 35.9 Å². The molecule has 0 aromatic heterocycles. The number of carbonyl (C=O) groups is 1. The third kappa shape index (κ3) is 4.99. The normalized spacial score (nSPS) is 11.0. The molecule has 104 valence electrons. The largest absolute Gasteiger partial charge is 0.359 e. The number of aliphatic imine (C=N–C) groups is 1. The van der Waals surface area contributed by atoms with Crippen molar-refractivity contribution in [2.75, 3.05) is 27.2 Å². The summed E-state index contributed by atoms with van der Waals surface area (Å²) in [6.07, 6.45) is 0. The molecule has 0 spiro atoms. The highest BCUT2D eigenvalue weighted by atomic mass is 16.2. The summed E-state index contributed by atoms with van der Waals surface area (Å²) in [6.45, 7) is 3.55. The molecule has 1 amide bonds. The van der Waals surface area contributed by atoms with Crippen molar-refractivity contribution in [3.8, 4) is 0 Å². The van der Waals surface area contributed by atoms with Gasteiger partial charge in [0, 0.05) is 27.2 Å². The van der Waals surface area contributed by atoms with E-state index in [-0.39, 0.29) is 12.5 Å². The van der Waals surface area contributed by atoms with E-state index in [0.717, 1.165) is 5.56 Å². The van der Waals surface area contributed by atoms with Gasteiger partial charge in [-0.3, -0.25) is 9.79 Å². The van der Waals surface area contributed by atoms with Gasteiger partial charge in [0.2, 0.25) is 5.91 Å². The zero-order chi connectivity index (χ0) is 14.1. The summed E-state index contributed by atoms with van der Waals surface area (Å²) in [4.78, 5) is 17.9. The Bertz CT molecular complexity index is 417. The lowest BCUT2D eigenvalue weighted by molar-refractivity contribution is -0.130. The minimum absolute atomic E-state index is 0.0581. The molecule has 0 aliphatic heterocycles. The van der Waals surface area contributed by atoms with Crippen molar-refractivity contribution in [2.24, 2.45) is 4.99 Å². The van der Waals surface area contributed by atoms with Crippen LogP contribution < -0.4 is 10.6 Å². The van der Waals surface area contributed by atoms with E-state index in [1.165, 1.54) is 0 Å². The molecule has 0 heterocycles. The Hall–Kier alpha value is -2.04. The van der Waals surface area contributed by atoms with Crippen molar-refractivity contribution in [1.29, 1.82) is 0 Å². The lowest BCUT2D eigenvalue weighted by Gasteiger charge is -2.21. The van der Waals surface area contributed by atoms with Crippen LogP contribution in [0.5, 0.6) is 0 Å². The Kier molecular flexibility index (Phi) is 6.43. The third-order valence-corrected chi connectivity index (χ3v) is 2.82. The number of hydrogen-bond acceptors (Lipinski definition) is 2. The van der Waals surface area contributed by atoms with Crippen molar-refractivity contribution >= 4 is 11.9 Å². The molecule has 0 aliphatic carbocycles. The minimum Gasteiger partial charge on any atom is -0.359 e. The number of carbonyl (C=O) groups excluding carboxylic acids is 1. The topological polar surface area (TPSA) is 56.7 Å². The third-order valence-electron chi connectivity index (χ3n) is 2.82. The van der Waals surface area contributed by atoms with Gasteiger partial charge in [-0.25, -0.2) is 0 Å². The maximum absolute atomic E-state index is 12.1. The molecule has 2 N–H and O–H groups in total. The molecule has 0 atom stereocenters. The van der Waals surface area contributed by atoms with Crippen molar-refractivity contribution < 1.29 is 4.79 Å². The van der Waals surface area contributed by atoms with Gasteiger partial charge in [0.1, 0.15) is 0 Å². The highest BCUT2D eigenvalue weighted by Gasteiger charge is 2.12. The Morgan fingerprint density at radius 3 is 2.53 bits per heavy atom. The van der Waals surface area contributed by atoms with E-state index in [9.17, 15) is 4.79 Å². The van der Waals surface area contributed by atoms with Gasteiger partial charge in [-0.05, 0) is 12.5 Å². The van der Waals surface area contributed by atoms with Crippen LogP contribution in [-0.2, 0) is 11.3 Å². The molecule has 0 unspecified atom stereocenters. The highest BCUT2D eigenvalue weighted by molar-refractivity contribution is 5.86. The molecule has 0 aliphatic rings. The van der Waals surface area contributed by atoms with Gasteiger partial charge in [-0.2, -0.15) is 0 Å². The van der Waals surface area contributed by atoms with Gasteiger partial charge in [-0.1, -0.05) is 30.3 Å². The molecule has 0 fully saturated rings. The first-order valence-corrected chi connectivity index (χ1v) is 6.41. The van der Waals surface area contributed by atoms with Crippen LogP contribution in [0.3, 0.4) is 0 Å². The summed E-state index contributed by atoms with van der Waals surface area (Å²) >= 11 is 0. The Morgan fingerprint density at radius 2 is 2.00 bits per heavy atom. The lowest BCUT2D eigenvalue weighted by Crippen LogP contribution is -2.43. The number of benzene rings is 1. The maximum atomic E-state index is 12.1. The first-order chi connectivity index (χ1) is 9.21. The minimum atomic E-state index is 0.0581. The van der Waals surface area contributed by atoms with E-state index >= 15 is 0 Å². The second-order valence-corrected chi connectivity index (χ2v) is 4.07. The van der Waals surface area contributed by atoms with Crippen LogP contribution in [0.1, 0.15) is 12.5 Å². The molecule has 5 nitrogen and oxygen atoms in total. The molecule has 0 radical (unpaired) electrons. The fourth-order valence-corrected chi connectivity index (χ4v) is 1.73. The average Bonchev–Trinajstić information content (AvgIpc) is 2.46. The average molecular weight is 262 g/mol. The fourth-order valence-electron chi connectivity index (χ4n) is 1.73. The molecule has 5 heteroatoms. The van der Waals surface area contributed by atoms with Crippen molar-refractivity contribution in [2.45, 2.75) is 13.5 Å². The first kappa shape index (κ1) is 15.0. The predicted molar refractivity (Wildman–Crippen MR) is 78.0 cm³/mol. The molecule has 0 saturated heterocycles. The SMILES string of the molecule is CCN(Cc1ccccc1)C(=O)CNC(=NC)NC. The fraction of sp³-hybridized carbons (Fsp3) is 0.429. The van der Waals surface area contributed by atoms with Gasteiger partial charge >= 0.3 is 0 Å². The van der Waals surface area contributed by atoms with E-state index in [1.54, 1.807) is 14.1 Å². The maximum Gasteiger partial charge on any atom is 0.242 e. The van der Waals surface area contributed by atoms with Crippen LogP contribution in [0, 0.1) is 0 Å². The van der Waals surface area contributed by atoms with Crippen molar-refractivity contribution in [1.82, 2.24) is 15.5 Å². The molecule has 0 saturated carbocycles. The summed E-state index contributed by atoms with van der Waals surface area (Å²) in [6, 6.07) is 9.98. The van der Waals surface area contributed by atoms with Crippen LogP contribution in [0.15, 0.2) is 35.3 Å². The highest BCUT2D eigenvalue weighted by Crippen LogP contribution is 2.04. The van der Waals surface area contributed by atoms with Gasteiger partial charge < -0.3 is 15.5 Å². The summed E-state index contributed by atoms with van der Waals surface area (Å²) in [5.74, 6) is 0.673. The Morgan fingerprint density at radius 1 is 1.32 bits per heavy atom. The molecule has 0 bridgehead atoms. The van der Waals surface area contributed by atoms with E-state index in [2.05, 4.69) is 15.6 Å². The lowest BCUT2D eigenvalue weighted by atomic mass is 10.2. The van der Waals surface area contributed by atoms with Crippen LogP contribution >= 0.6 is 0 Å². The monoisotopic (exact) mass is 262 g/mol. The predicted octanol–water partition coefficient (Wildman–Crippen LogP) is 0.830. The van der Waals surface area contributed by atoms with Gasteiger partial charge in [0.25, 0.3) is 0 Å². The number of amides is 1. The first-order valence-electron chi connectivity index (χ1n) is 6.41. The number of nitrogens with one attached hydrogen (secondary N) is 2. The number of hydrogen-bond donors (Lipinski definition) is 2. The standard InChI is InChI=1S/C14H22N4O/c1-4-18(11-12-8-6-5-7-9-12)13(19)10-17-14(15-2)16-3/h5-9H,4,10-11H2,1-3H3,(H2,15,16,17).